The third-order valence-electron chi connectivity index (χ3n) is 3.46. The fourth-order valence-electron chi connectivity index (χ4n) is 2.38. The molecule has 114 valence electrons. The summed E-state index contributed by atoms with van der Waals surface area (Å²) in [5.74, 6) is 0.223. The number of ether oxygens (including phenoxy) is 1. The maximum atomic E-state index is 11.9. The number of sulfonamides is 1. The summed E-state index contributed by atoms with van der Waals surface area (Å²) >= 11 is 0. The average Bonchev–Trinajstić information content (AvgIpc) is 2.75. The van der Waals surface area contributed by atoms with E-state index in [0.29, 0.717) is 12.5 Å². The second-order valence-electron chi connectivity index (χ2n) is 5.62. The third-order valence-corrected chi connectivity index (χ3v) is 4.98. The van der Waals surface area contributed by atoms with Crippen molar-refractivity contribution < 1.29 is 13.2 Å². The van der Waals surface area contributed by atoms with E-state index in [1.165, 1.54) is 0 Å². The number of methoxy groups -OCH3 is 1. The predicted octanol–water partition coefficient (Wildman–Crippen LogP) is 1.25. The lowest BCUT2D eigenvalue weighted by molar-refractivity contribution is 0.107. The Hall–Kier alpha value is -0.170. The normalized spacial score (nSPS) is 24.2. The highest BCUT2D eigenvalue weighted by Gasteiger charge is 2.27. The molecule has 2 atom stereocenters. The molecule has 1 aliphatic carbocycles. The van der Waals surface area contributed by atoms with Crippen LogP contribution < -0.4 is 10.0 Å². The number of unbranched alkanes of at least 4 members (excludes halogenated alkanes) is 1. The molecule has 0 saturated heterocycles. The van der Waals surface area contributed by atoms with Crippen molar-refractivity contribution in [1.82, 2.24) is 10.0 Å². The largest absolute Gasteiger partial charge is 0.381 e. The summed E-state index contributed by atoms with van der Waals surface area (Å²) in [6.07, 6.45) is 4.43. The summed E-state index contributed by atoms with van der Waals surface area (Å²) in [5, 5.41) is 3.29. The highest BCUT2D eigenvalue weighted by molar-refractivity contribution is 7.89. The van der Waals surface area contributed by atoms with Crippen molar-refractivity contribution in [3.63, 3.8) is 0 Å². The van der Waals surface area contributed by atoms with Crippen molar-refractivity contribution in [2.75, 3.05) is 19.4 Å². The van der Waals surface area contributed by atoms with Crippen LogP contribution in [0.15, 0.2) is 0 Å². The average molecular weight is 292 g/mol. The second-order valence-corrected chi connectivity index (χ2v) is 7.49. The van der Waals surface area contributed by atoms with Crippen molar-refractivity contribution in [2.24, 2.45) is 0 Å². The lowest BCUT2D eigenvalue weighted by atomic mass is 10.3. The third kappa shape index (κ3) is 7.25. The molecular weight excluding hydrogens is 264 g/mol. The van der Waals surface area contributed by atoms with Crippen LogP contribution in [0.3, 0.4) is 0 Å². The smallest absolute Gasteiger partial charge is 0.211 e. The number of hydrogen-bond acceptors (Lipinski definition) is 4. The Labute approximate surface area is 117 Å². The van der Waals surface area contributed by atoms with Crippen molar-refractivity contribution in [3.8, 4) is 0 Å². The zero-order valence-corrected chi connectivity index (χ0v) is 13.1. The maximum Gasteiger partial charge on any atom is 0.211 e. The maximum absolute atomic E-state index is 11.9. The fourth-order valence-corrected chi connectivity index (χ4v) is 3.81. The van der Waals surface area contributed by atoms with Gasteiger partial charge < -0.3 is 10.1 Å². The molecule has 0 radical (unpaired) electrons. The summed E-state index contributed by atoms with van der Waals surface area (Å²) in [6.45, 7) is 5.05. The molecular formula is C13H28N2O3S. The first-order valence-corrected chi connectivity index (χ1v) is 8.84. The summed E-state index contributed by atoms with van der Waals surface area (Å²) in [7, 11) is -1.45. The van der Waals surface area contributed by atoms with Gasteiger partial charge in [0, 0.05) is 19.2 Å². The zero-order chi connectivity index (χ0) is 14.3. The number of hydrogen-bond donors (Lipinski definition) is 2. The molecule has 0 bridgehead atoms. The van der Waals surface area contributed by atoms with Crippen molar-refractivity contribution in [3.05, 3.63) is 0 Å². The van der Waals surface area contributed by atoms with E-state index in [9.17, 15) is 8.42 Å². The van der Waals surface area contributed by atoms with E-state index in [1.54, 1.807) is 7.11 Å². The van der Waals surface area contributed by atoms with Crippen LogP contribution >= 0.6 is 0 Å². The van der Waals surface area contributed by atoms with Crippen molar-refractivity contribution >= 4 is 10.0 Å². The van der Waals surface area contributed by atoms with Gasteiger partial charge in [0.05, 0.1) is 11.9 Å². The Morgan fingerprint density at radius 2 is 2.00 bits per heavy atom. The molecule has 0 aliphatic heterocycles. The Balaban J connectivity index is 2.18. The molecule has 0 aromatic heterocycles. The first-order chi connectivity index (χ1) is 8.93. The van der Waals surface area contributed by atoms with Gasteiger partial charge in [-0.3, -0.25) is 0 Å². The zero-order valence-electron chi connectivity index (χ0n) is 12.3. The molecule has 2 N–H and O–H groups in total. The van der Waals surface area contributed by atoms with Crippen LogP contribution in [-0.4, -0.2) is 46.0 Å². The van der Waals surface area contributed by atoms with Gasteiger partial charge in [0.1, 0.15) is 0 Å². The van der Waals surface area contributed by atoms with Gasteiger partial charge in [-0.15, -0.1) is 0 Å². The molecule has 1 saturated carbocycles. The molecule has 2 unspecified atom stereocenters. The Kier molecular flexibility index (Phi) is 7.28. The van der Waals surface area contributed by atoms with E-state index in [1.807, 2.05) is 0 Å². The Morgan fingerprint density at radius 1 is 1.26 bits per heavy atom. The number of rotatable bonds is 9. The standard InChI is InChI=1S/C13H28N2O3S/c1-11(2)14-8-4-5-9-19(16,17)15-12-6-7-13(10-12)18-3/h11-15H,4-10H2,1-3H3. The topological polar surface area (TPSA) is 67.4 Å². The Bertz CT molecular complexity index is 344. The quantitative estimate of drug-likeness (QED) is 0.628. The molecule has 6 heteroatoms. The van der Waals surface area contributed by atoms with Crippen LogP contribution in [-0.2, 0) is 14.8 Å². The van der Waals surface area contributed by atoms with Gasteiger partial charge in [-0.2, -0.15) is 0 Å². The summed E-state index contributed by atoms with van der Waals surface area (Å²) < 4.78 is 31.9. The highest BCUT2D eigenvalue weighted by Crippen LogP contribution is 2.22. The molecule has 5 nitrogen and oxygen atoms in total. The first kappa shape index (κ1) is 16.9. The van der Waals surface area contributed by atoms with Gasteiger partial charge in [0.25, 0.3) is 0 Å². The number of nitrogens with one attached hydrogen (secondary N) is 2. The Morgan fingerprint density at radius 3 is 2.58 bits per heavy atom. The molecule has 0 aromatic carbocycles. The van der Waals surface area contributed by atoms with Gasteiger partial charge in [0.15, 0.2) is 0 Å². The molecule has 0 heterocycles. The van der Waals surface area contributed by atoms with Crippen molar-refractivity contribution in [2.45, 2.75) is 64.1 Å². The highest BCUT2D eigenvalue weighted by atomic mass is 32.2. The predicted molar refractivity (Wildman–Crippen MR) is 77.7 cm³/mol. The molecule has 0 spiro atoms. The minimum absolute atomic E-state index is 0.0590. The van der Waals surface area contributed by atoms with E-state index in [4.69, 9.17) is 4.74 Å². The molecule has 1 aliphatic rings. The van der Waals surface area contributed by atoms with Crippen molar-refractivity contribution in [1.29, 1.82) is 0 Å². The minimum atomic E-state index is -3.13. The molecule has 0 amide bonds. The van der Waals surface area contributed by atoms with Crippen LogP contribution in [0.25, 0.3) is 0 Å². The fraction of sp³-hybridized carbons (Fsp3) is 1.00. The van der Waals surface area contributed by atoms with Gasteiger partial charge in [-0.25, -0.2) is 13.1 Å². The minimum Gasteiger partial charge on any atom is -0.381 e. The van der Waals surface area contributed by atoms with Gasteiger partial charge >= 0.3 is 0 Å². The SMILES string of the molecule is COC1CCC(NS(=O)(=O)CCCCNC(C)C)C1. The van der Waals surface area contributed by atoms with Crippen LogP contribution in [0.1, 0.15) is 46.0 Å². The van der Waals surface area contributed by atoms with E-state index in [2.05, 4.69) is 23.9 Å². The summed E-state index contributed by atoms with van der Waals surface area (Å²) in [4.78, 5) is 0. The molecule has 0 aromatic rings. The van der Waals surface area contributed by atoms with Gasteiger partial charge in [-0.05, 0) is 38.6 Å². The first-order valence-electron chi connectivity index (χ1n) is 7.19. The molecule has 19 heavy (non-hydrogen) atoms. The lowest BCUT2D eigenvalue weighted by Gasteiger charge is -2.13. The van der Waals surface area contributed by atoms with E-state index < -0.39 is 10.0 Å². The van der Waals surface area contributed by atoms with E-state index in [-0.39, 0.29) is 17.9 Å². The molecule has 1 rings (SSSR count). The molecule has 1 fully saturated rings. The van der Waals surface area contributed by atoms with E-state index >= 15 is 0 Å². The van der Waals surface area contributed by atoms with Crippen LogP contribution in [0.5, 0.6) is 0 Å². The monoisotopic (exact) mass is 292 g/mol. The second kappa shape index (κ2) is 8.19. The summed E-state index contributed by atoms with van der Waals surface area (Å²) in [5.41, 5.74) is 0. The van der Waals surface area contributed by atoms with Gasteiger partial charge in [-0.1, -0.05) is 13.8 Å². The van der Waals surface area contributed by atoms with E-state index in [0.717, 1.165) is 32.2 Å². The van der Waals surface area contributed by atoms with Crippen LogP contribution in [0.2, 0.25) is 0 Å². The van der Waals surface area contributed by atoms with Crippen LogP contribution in [0.4, 0.5) is 0 Å². The van der Waals surface area contributed by atoms with Crippen LogP contribution in [0, 0.1) is 0 Å². The van der Waals surface area contributed by atoms with Gasteiger partial charge in [0.2, 0.25) is 10.0 Å². The lowest BCUT2D eigenvalue weighted by Crippen LogP contribution is -2.35. The summed E-state index contributed by atoms with van der Waals surface area (Å²) in [6, 6.07) is 0.517.